The SMILES string of the molecule is CC1CC(NCCC2CCCON2)NC(NC(=O)NC2CCC3CCCCC3C2)N1. The second-order valence-corrected chi connectivity index (χ2v) is 9.94. The monoisotopic (exact) mass is 422 g/mol. The summed E-state index contributed by atoms with van der Waals surface area (Å²) >= 11 is 0. The average molecular weight is 423 g/mol. The molecule has 2 aliphatic carbocycles. The first-order valence-corrected chi connectivity index (χ1v) is 12.4. The van der Waals surface area contributed by atoms with Crippen LogP contribution < -0.4 is 32.1 Å². The van der Waals surface area contributed by atoms with Gasteiger partial charge in [-0.05, 0) is 70.3 Å². The largest absolute Gasteiger partial charge is 0.335 e. The zero-order chi connectivity index (χ0) is 20.8. The summed E-state index contributed by atoms with van der Waals surface area (Å²) in [6.45, 7) is 3.91. The van der Waals surface area contributed by atoms with Crippen molar-refractivity contribution >= 4 is 6.03 Å². The smallest absolute Gasteiger partial charge is 0.317 e. The van der Waals surface area contributed by atoms with E-state index in [4.69, 9.17) is 4.84 Å². The standard InChI is InChI=1S/C22H42N6O2/c1-15-13-20(23-11-10-18-7-4-12-30-28-18)26-21(24-15)27-22(29)25-19-9-8-16-5-2-3-6-17(16)14-19/h15-21,23-24,26,28H,2-14H2,1H3,(H2,25,27,29). The number of fused-ring (bicyclic) bond motifs is 1. The van der Waals surface area contributed by atoms with Gasteiger partial charge in [0, 0.05) is 18.1 Å². The van der Waals surface area contributed by atoms with Crippen LogP contribution in [0.5, 0.6) is 0 Å². The van der Waals surface area contributed by atoms with E-state index in [2.05, 4.69) is 39.0 Å². The Morgan fingerprint density at radius 2 is 1.83 bits per heavy atom. The lowest BCUT2D eigenvalue weighted by atomic mass is 9.69. The Bertz CT molecular complexity index is 544. The van der Waals surface area contributed by atoms with Crippen LogP contribution in [0.2, 0.25) is 0 Å². The number of hydroxylamine groups is 1. The van der Waals surface area contributed by atoms with Crippen molar-refractivity contribution in [2.45, 2.75) is 108 Å². The molecule has 4 fully saturated rings. The number of nitrogens with one attached hydrogen (secondary N) is 6. The molecule has 2 saturated carbocycles. The minimum Gasteiger partial charge on any atom is -0.335 e. The van der Waals surface area contributed by atoms with Gasteiger partial charge in [-0.3, -0.25) is 10.6 Å². The maximum atomic E-state index is 12.6. The van der Waals surface area contributed by atoms with Crippen LogP contribution in [-0.2, 0) is 4.84 Å². The third kappa shape index (κ3) is 6.53. The number of carbonyl (C=O) groups is 1. The molecule has 0 aromatic rings. The molecule has 172 valence electrons. The van der Waals surface area contributed by atoms with Crippen LogP contribution in [0, 0.1) is 11.8 Å². The molecule has 2 aliphatic heterocycles. The Morgan fingerprint density at radius 1 is 0.967 bits per heavy atom. The van der Waals surface area contributed by atoms with Crippen molar-refractivity contribution in [2.24, 2.45) is 11.8 Å². The molecule has 6 N–H and O–H groups in total. The molecule has 2 amide bonds. The van der Waals surface area contributed by atoms with E-state index in [0.717, 1.165) is 57.1 Å². The maximum absolute atomic E-state index is 12.6. The van der Waals surface area contributed by atoms with Crippen molar-refractivity contribution in [3.8, 4) is 0 Å². The van der Waals surface area contributed by atoms with E-state index >= 15 is 0 Å². The highest BCUT2D eigenvalue weighted by Crippen LogP contribution is 2.40. The molecule has 8 heteroatoms. The molecular weight excluding hydrogens is 380 g/mol. The van der Waals surface area contributed by atoms with Gasteiger partial charge in [-0.2, -0.15) is 5.48 Å². The van der Waals surface area contributed by atoms with E-state index in [1.165, 1.54) is 38.5 Å². The van der Waals surface area contributed by atoms with Gasteiger partial charge in [-0.1, -0.05) is 25.7 Å². The van der Waals surface area contributed by atoms with Crippen molar-refractivity contribution in [2.75, 3.05) is 13.2 Å². The first kappa shape index (κ1) is 22.3. The summed E-state index contributed by atoms with van der Waals surface area (Å²) in [6.07, 6.45) is 13.4. The normalized spacial score (nSPS) is 39.7. The van der Waals surface area contributed by atoms with Gasteiger partial charge < -0.3 is 20.8 Å². The Balaban J connectivity index is 1.16. The second-order valence-electron chi connectivity index (χ2n) is 9.94. The van der Waals surface area contributed by atoms with Gasteiger partial charge in [0.25, 0.3) is 0 Å². The van der Waals surface area contributed by atoms with E-state index in [1.54, 1.807) is 0 Å². The van der Waals surface area contributed by atoms with Crippen LogP contribution >= 0.6 is 0 Å². The van der Waals surface area contributed by atoms with E-state index in [1.807, 2.05) is 0 Å². The molecule has 7 unspecified atom stereocenters. The summed E-state index contributed by atoms with van der Waals surface area (Å²) in [5.74, 6) is 1.73. The quantitative estimate of drug-likeness (QED) is 0.391. The molecule has 4 rings (SSSR count). The Morgan fingerprint density at radius 3 is 2.67 bits per heavy atom. The lowest BCUT2D eigenvalue weighted by Crippen LogP contribution is -2.68. The van der Waals surface area contributed by atoms with Crippen molar-refractivity contribution in [1.82, 2.24) is 32.1 Å². The fourth-order valence-electron chi connectivity index (χ4n) is 5.88. The Hall–Kier alpha value is -0.930. The summed E-state index contributed by atoms with van der Waals surface area (Å²) in [4.78, 5) is 18.0. The first-order valence-electron chi connectivity index (χ1n) is 12.4. The van der Waals surface area contributed by atoms with Gasteiger partial charge in [-0.25, -0.2) is 4.79 Å². The molecule has 2 heterocycles. The molecule has 8 nitrogen and oxygen atoms in total. The van der Waals surface area contributed by atoms with Crippen molar-refractivity contribution in [3.63, 3.8) is 0 Å². The summed E-state index contributed by atoms with van der Waals surface area (Å²) in [6, 6.07) is 1.03. The summed E-state index contributed by atoms with van der Waals surface area (Å²) in [5, 5.41) is 16.9. The minimum absolute atomic E-state index is 0.0596. The Kier molecular flexibility index (Phi) is 8.23. The van der Waals surface area contributed by atoms with Gasteiger partial charge >= 0.3 is 6.03 Å². The minimum atomic E-state index is -0.214. The van der Waals surface area contributed by atoms with Gasteiger partial charge in [0.1, 0.15) is 6.29 Å². The summed E-state index contributed by atoms with van der Waals surface area (Å²) in [5.41, 5.74) is 3.12. The number of urea groups is 1. The number of rotatable bonds is 6. The van der Waals surface area contributed by atoms with E-state index < -0.39 is 0 Å². The molecule has 7 atom stereocenters. The van der Waals surface area contributed by atoms with Crippen molar-refractivity contribution in [1.29, 1.82) is 0 Å². The highest BCUT2D eigenvalue weighted by atomic mass is 16.6. The highest BCUT2D eigenvalue weighted by molar-refractivity contribution is 5.74. The van der Waals surface area contributed by atoms with E-state index in [0.29, 0.717) is 18.1 Å². The van der Waals surface area contributed by atoms with E-state index in [9.17, 15) is 4.79 Å². The third-order valence-electron chi connectivity index (χ3n) is 7.49. The lowest BCUT2D eigenvalue weighted by Gasteiger charge is -2.40. The Labute approximate surface area is 181 Å². The molecule has 0 aromatic heterocycles. The third-order valence-corrected chi connectivity index (χ3v) is 7.49. The molecule has 2 saturated heterocycles. The topological polar surface area (TPSA) is 98.5 Å². The van der Waals surface area contributed by atoms with Gasteiger partial charge in [0.2, 0.25) is 0 Å². The summed E-state index contributed by atoms with van der Waals surface area (Å²) < 4.78 is 0. The maximum Gasteiger partial charge on any atom is 0.317 e. The predicted molar refractivity (Wildman–Crippen MR) is 117 cm³/mol. The van der Waals surface area contributed by atoms with Gasteiger partial charge in [0.05, 0.1) is 12.8 Å². The molecule has 0 spiro atoms. The molecular formula is C22H42N6O2. The molecule has 4 aliphatic rings. The predicted octanol–water partition coefficient (Wildman–Crippen LogP) is 1.89. The molecule has 0 radical (unpaired) electrons. The molecule has 0 aromatic carbocycles. The number of carbonyl (C=O) groups excluding carboxylic acids is 1. The first-order chi connectivity index (χ1) is 14.7. The van der Waals surface area contributed by atoms with Crippen LogP contribution in [0.15, 0.2) is 0 Å². The van der Waals surface area contributed by atoms with Crippen molar-refractivity contribution in [3.05, 3.63) is 0 Å². The highest BCUT2D eigenvalue weighted by Gasteiger charge is 2.33. The van der Waals surface area contributed by atoms with Crippen LogP contribution in [-0.4, -0.2) is 49.8 Å². The zero-order valence-corrected chi connectivity index (χ0v) is 18.6. The zero-order valence-electron chi connectivity index (χ0n) is 18.6. The van der Waals surface area contributed by atoms with Crippen LogP contribution in [0.3, 0.4) is 0 Å². The van der Waals surface area contributed by atoms with Crippen LogP contribution in [0.4, 0.5) is 4.79 Å². The van der Waals surface area contributed by atoms with E-state index in [-0.39, 0.29) is 18.5 Å². The number of hydrogen-bond acceptors (Lipinski definition) is 6. The van der Waals surface area contributed by atoms with Crippen LogP contribution in [0.25, 0.3) is 0 Å². The fraction of sp³-hybridized carbons (Fsp3) is 0.955. The number of amides is 2. The fourth-order valence-corrected chi connectivity index (χ4v) is 5.88. The molecule has 30 heavy (non-hydrogen) atoms. The van der Waals surface area contributed by atoms with Gasteiger partial charge in [-0.15, -0.1) is 0 Å². The summed E-state index contributed by atoms with van der Waals surface area (Å²) in [7, 11) is 0. The van der Waals surface area contributed by atoms with Crippen molar-refractivity contribution < 1.29 is 9.63 Å². The van der Waals surface area contributed by atoms with Crippen LogP contribution in [0.1, 0.15) is 77.6 Å². The average Bonchev–Trinajstić information content (AvgIpc) is 2.74. The lowest BCUT2D eigenvalue weighted by molar-refractivity contribution is -0.0208. The second kappa shape index (κ2) is 11.1. The van der Waals surface area contributed by atoms with Gasteiger partial charge in [0.15, 0.2) is 0 Å². The molecule has 0 bridgehead atoms. The number of hydrogen-bond donors (Lipinski definition) is 6.